The molecule has 1 aliphatic heterocycles. The van der Waals surface area contributed by atoms with Gasteiger partial charge in [-0.15, -0.1) is 0 Å². The van der Waals surface area contributed by atoms with Crippen LogP contribution in [0, 0.1) is 0 Å². The highest BCUT2D eigenvalue weighted by Crippen LogP contribution is 2.30. The number of ether oxygens (including phenoxy) is 1. The first-order valence-corrected chi connectivity index (χ1v) is 4.36. The molecule has 0 bridgehead atoms. The second-order valence-electron chi connectivity index (χ2n) is 3.34. The van der Waals surface area contributed by atoms with Crippen LogP contribution in [0.4, 0.5) is 0 Å². The Morgan fingerprint density at radius 3 is 3.23 bits per heavy atom. The number of nitrogens with zero attached hydrogens (tertiary/aromatic N) is 1. The Balaban J connectivity index is 2.38. The van der Waals surface area contributed by atoms with Crippen LogP contribution in [0.25, 0.3) is 10.9 Å². The summed E-state index contributed by atoms with van der Waals surface area (Å²) in [6.45, 7) is 0.798. The summed E-state index contributed by atoms with van der Waals surface area (Å²) in [6, 6.07) is 6.16. The predicted octanol–water partition coefficient (Wildman–Crippen LogP) is 1.29. The van der Waals surface area contributed by atoms with Gasteiger partial charge in [-0.25, -0.2) is 0 Å². The second kappa shape index (κ2) is 2.19. The first kappa shape index (κ1) is 6.83. The maximum atomic E-state index is 5.75. The van der Waals surface area contributed by atoms with E-state index in [4.69, 9.17) is 10.6 Å². The fraction of sp³-hybridized carbons (Fsp3) is 0.200. The smallest absolute Gasteiger partial charge is 0.123 e. The summed E-state index contributed by atoms with van der Waals surface area (Å²) in [5.41, 5.74) is 2.34. The Kier molecular flexibility index (Phi) is 1.15. The normalized spacial score (nSPS) is 14.5. The van der Waals surface area contributed by atoms with Gasteiger partial charge in [0.2, 0.25) is 0 Å². The van der Waals surface area contributed by atoms with Gasteiger partial charge in [0.1, 0.15) is 5.75 Å². The average molecular weight is 174 g/mol. The summed E-state index contributed by atoms with van der Waals surface area (Å²) in [7, 11) is 0. The fourth-order valence-electron chi connectivity index (χ4n) is 1.83. The highest BCUT2D eigenvalue weighted by Gasteiger charge is 2.13. The van der Waals surface area contributed by atoms with Gasteiger partial charge >= 0.3 is 0 Å². The number of fused-ring (bicyclic) bond motifs is 2. The molecule has 0 saturated heterocycles. The molecule has 0 saturated carbocycles. The van der Waals surface area contributed by atoms with E-state index in [2.05, 4.69) is 12.1 Å². The molecule has 2 heterocycles. The van der Waals surface area contributed by atoms with Gasteiger partial charge in [0.25, 0.3) is 0 Å². The molecule has 3 rings (SSSR count). The van der Waals surface area contributed by atoms with Crippen molar-refractivity contribution in [3.05, 3.63) is 30.0 Å². The van der Waals surface area contributed by atoms with E-state index in [1.807, 2.05) is 12.3 Å². The van der Waals surface area contributed by atoms with Gasteiger partial charge in [-0.3, -0.25) is 4.68 Å². The molecule has 2 aromatic rings. The minimum absolute atomic E-state index is 0.798. The summed E-state index contributed by atoms with van der Waals surface area (Å²) < 4.78 is 7.11. The maximum Gasteiger partial charge on any atom is 0.123 e. The van der Waals surface area contributed by atoms with Crippen LogP contribution in [-0.2, 0) is 6.42 Å². The standard InChI is InChI=1S/C10H10N2O/c11-12-3-1-7-6-10-8(2-4-13-10)5-9(7)12/h1,3,5-6H,2,4,11H2. The van der Waals surface area contributed by atoms with Crippen LogP contribution in [0.5, 0.6) is 5.75 Å². The quantitative estimate of drug-likeness (QED) is 0.611. The lowest BCUT2D eigenvalue weighted by Gasteiger charge is -2.00. The first-order valence-electron chi connectivity index (χ1n) is 4.36. The van der Waals surface area contributed by atoms with Crippen LogP contribution >= 0.6 is 0 Å². The number of aromatic nitrogens is 1. The zero-order valence-electron chi connectivity index (χ0n) is 7.16. The van der Waals surface area contributed by atoms with Crippen molar-refractivity contribution in [1.82, 2.24) is 4.68 Å². The van der Waals surface area contributed by atoms with Crippen molar-refractivity contribution in [1.29, 1.82) is 0 Å². The Hall–Kier alpha value is -1.64. The molecule has 1 aromatic carbocycles. The van der Waals surface area contributed by atoms with Crippen molar-refractivity contribution in [2.24, 2.45) is 0 Å². The Morgan fingerprint density at radius 1 is 1.38 bits per heavy atom. The minimum atomic E-state index is 0.798. The molecule has 13 heavy (non-hydrogen) atoms. The summed E-state index contributed by atoms with van der Waals surface area (Å²) in [5.74, 6) is 6.76. The van der Waals surface area contributed by atoms with Crippen molar-refractivity contribution in [3.8, 4) is 5.75 Å². The van der Waals surface area contributed by atoms with E-state index in [1.54, 1.807) is 4.68 Å². The molecule has 3 heteroatoms. The van der Waals surface area contributed by atoms with E-state index in [1.165, 1.54) is 5.56 Å². The number of hydrogen-bond donors (Lipinski definition) is 1. The lowest BCUT2D eigenvalue weighted by molar-refractivity contribution is 0.357. The average Bonchev–Trinajstić information content (AvgIpc) is 2.70. The molecule has 1 aliphatic rings. The van der Waals surface area contributed by atoms with E-state index in [0.29, 0.717) is 0 Å². The lowest BCUT2D eigenvalue weighted by Crippen LogP contribution is -2.04. The molecule has 0 unspecified atom stereocenters. The van der Waals surface area contributed by atoms with E-state index in [-0.39, 0.29) is 0 Å². The van der Waals surface area contributed by atoms with E-state index in [9.17, 15) is 0 Å². The van der Waals surface area contributed by atoms with E-state index >= 15 is 0 Å². The molecule has 66 valence electrons. The molecule has 2 N–H and O–H groups in total. The van der Waals surface area contributed by atoms with Crippen LogP contribution in [-0.4, -0.2) is 11.3 Å². The van der Waals surface area contributed by atoms with Gasteiger partial charge in [0.05, 0.1) is 12.1 Å². The summed E-state index contributed by atoms with van der Waals surface area (Å²) in [4.78, 5) is 0. The lowest BCUT2D eigenvalue weighted by atomic mass is 10.1. The largest absolute Gasteiger partial charge is 0.493 e. The van der Waals surface area contributed by atoms with Gasteiger partial charge in [-0.2, -0.15) is 0 Å². The van der Waals surface area contributed by atoms with Gasteiger partial charge in [-0.1, -0.05) is 0 Å². The van der Waals surface area contributed by atoms with E-state index in [0.717, 1.165) is 29.7 Å². The van der Waals surface area contributed by atoms with Crippen LogP contribution < -0.4 is 10.6 Å². The Morgan fingerprint density at radius 2 is 2.31 bits per heavy atom. The van der Waals surface area contributed by atoms with Crippen molar-refractivity contribution in [3.63, 3.8) is 0 Å². The van der Waals surface area contributed by atoms with Crippen LogP contribution in [0.2, 0.25) is 0 Å². The third-order valence-electron chi connectivity index (χ3n) is 2.53. The fourth-order valence-corrected chi connectivity index (χ4v) is 1.83. The zero-order valence-corrected chi connectivity index (χ0v) is 7.16. The van der Waals surface area contributed by atoms with Crippen LogP contribution in [0.3, 0.4) is 0 Å². The molecule has 0 amide bonds. The SMILES string of the molecule is Nn1ccc2cc3c(cc21)CCO3. The van der Waals surface area contributed by atoms with Gasteiger partial charge in [0.15, 0.2) is 0 Å². The van der Waals surface area contributed by atoms with Crippen molar-refractivity contribution in [2.75, 3.05) is 12.4 Å². The van der Waals surface area contributed by atoms with Crippen molar-refractivity contribution in [2.45, 2.75) is 6.42 Å². The van der Waals surface area contributed by atoms with Gasteiger partial charge < -0.3 is 10.6 Å². The molecule has 1 aromatic heterocycles. The number of nitrogen functional groups attached to an aromatic ring is 1. The van der Waals surface area contributed by atoms with Gasteiger partial charge in [-0.05, 0) is 23.8 Å². The highest BCUT2D eigenvalue weighted by molar-refractivity contribution is 5.83. The molecule has 0 fully saturated rings. The van der Waals surface area contributed by atoms with Crippen molar-refractivity contribution >= 4 is 10.9 Å². The van der Waals surface area contributed by atoms with E-state index < -0.39 is 0 Å². The van der Waals surface area contributed by atoms with Gasteiger partial charge in [0, 0.05) is 18.0 Å². The molecular weight excluding hydrogens is 164 g/mol. The topological polar surface area (TPSA) is 40.2 Å². The molecule has 0 spiro atoms. The third-order valence-corrected chi connectivity index (χ3v) is 2.53. The van der Waals surface area contributed by atoms with Crippen LogP contribution in [0.15, 0.2) is 24.4 Å². The number of rotatable bonds is 0. The summed E-state index contributed by atoms with van der Waals surface area (Å²) in [5, 5.41) is 1.14. The minimum Gasteiger partial charge on any atom is -0.493 e. The second-order valence-corrected chi connectivity index (χ2v) is 3.34. The molecule has 0 aliphatic carbocycles. The number of hydrogen-bond acceptors (Lipinski definition) is 2. The first-order chi connectivity index (χ1) is 6.34. The highest BCUT2D eigenvalue weighted by atomic mass is 16.5. The third kappa shape index (κ3) is 0.840. The van der Waals surface area contributed by atoms with Crippen LogP contribution in [0.1, 0.15) is 5.56 Å². The number of benzene rings is 1. The monoisotopic (exact) mass is 174 g/mol. The molecular formula is C10H10N2O. The molecule has 3 nitrogen and oxygen atoms in total. The summed E-state index contributed by atoms with van der Waals surface area (Å²) in [6.07, 6.45) is 2.86. The molecule has 0 radical (unpaired) electrons. The van der Waals surface area contributed by atoms with Crippen molar-refractivity contribution < 1.29 is 4.74 Å². The predicted molar refractivity (Wildman–Crippen MR) is 51.3 cm³/mol. The Labute approximate surface area is 75.7 Å². The Bertz CT molecular complexity index is 473. The summed E-state index contributed by atoms with van der Waals surface area (Å²) >= 11 is 0. The molecule has 0 atom stereocenters. The maximum absolute atomic E-state index is 5.75. The number of nitrogens with two attached hydrogens (primary N) is 1. The zero-order chi connectivity index (χ0) is 8.84.